The summed E-state index contributed by atoms with van der Waals surface area (Å²) in [6.45, 7) is 0. The first-order chi connectivity index (χ1) is 6.79. The van der Waals surface area contributed by atoms with E-state index in [0.717, 1.165) is 16.1 Å². The summed E-state index contributed by atoms with van der Waals surface area (Å²) < 4.78 is 5.50. The molecule has 0 aliphatic heterocycles. The Kier molecular flexibility index (Phi) is 2.45. The first-order valence-corrected chi connectivity index (χ1v) is 4.75. The van der Waals surface area contributed by atoms with Crippen molar-refractivity contribution >= 4 is 28.3 Å². The van der Waals surface area contributed by atoms with Gasteiger partial charge in [0.25, 0.3) is 0 Å². The van der Waals surface area contributed by atoms with Gasteiger partial charge in [0.1, 0.15) is 5.52 Å². The fourth-order valence-electron chi connectivity index (χ4n) is 1.22. The summed E-state index contributed by atoms with van der Waals surface area (Å²) in [7, 11) is 1.80. The van der Waals surface area contributed by atoms with E-state index in [-0.39, 0.29) is 0 Å². The highest BCUT2D eigenvalue weighted by Crippen LogP contribution is 2.14. The minimum atomic E-state index is 0.556. The van der Waals surface area contributed by atoms with Gasteiger partial charge >= 0.3 is 0 Å². The molecule has 3 nitrogen and oxygen atoms in total. The summed E-state index contributed by atoms with van der Waals surface area (Å²) in [5.41, 5.74) is 1.68. The number of fused-ring (bicyclic) bond motifs is 1. The van der Waals surface area contributed by atoms with Crippen molar-refractivity contribution in [2.45, 2.75) is 6.42 Å². The van der Waals surface area contributed by atoms with Gasteiger partial charge in [0.15, 0.2) is 5.58 Å². The molecule has 2 rings (SSSR count). The third kappa shape index (κ3) is 1.75. The molecular formula is C10H10N2OS. The molecule has 1 N–H and O–H groups in total. The van der Waals surface area contributed by atoms with Gasteiger partial charge < -0.3 is 9.73 Å². The predicted molar refractivity (Wildman–Crippen MR) is 59.4 cm³/mol. The number of benzene rings is 1. The van der Waals surface area contributed by atoms with E-state index in [4.69, 9.17) is 16.6 Å². The Hall–Kier alpha value is -1.42. The molecule has 0 amide bonds. The van der Waals surface area contributed by atoms with Crippen LogP contribution in [0.1, 0.15) is 5.89 Å². The molecule has 0 saturated carbocycles. The van der Waals surface area contributed by atoms with E-state index in [9.17, 15) is 0 Å². The summed E-state index contributed by atoms with van der Waals surface area (Å²) >= 11 is 5.03. The molecule has 0 aliphatic carbocycles. The number of rotatable bonds is 2. The maximum Gasteiger partial charge on any atom is 0.202 e. The average Bonchev–Trinajstić information content (AvgIpc) is 2.59. The lowest BCUT2D eigenvalue weighted by Crippen LogP contribution is -2.17. The highest BCUT2D eigenvalue weighted by atomic mass is 32.1. The van der Waals surface area contributed by atoms with Crippen LogP contribution in [0.3, 0.4) is 0 Å². The average molecular weight is 206 g/mol. The van der Waals surface area contributed by atoms with Crippen LogP contribution in [0.15, 0.2) is 28.7 Å². The van der Waals surface area contributed by atoms with Gasteiger partial charge in [-0.1, -0.05) is 24.4 Å². The molecule has 0 saturated heterocycles. The Balaban J connectivity index is 2.31. The van der Waals surface area contributed by atoms with Crippen molar-refractivity contribution in [2.24, 2.45) is 0 Å². The Labute approximate surface area is 87.1 Å². The van der Waals surface area contributed by atoms with Crippen molar-refractivity contribution in [1.29, 1.82) is 0 Å². The molecular weight excluding hydrogens is 196 g/mol. The molecule has 4 heteroatoms. The standard InChI is InChI=1S/C10H10N2OS/c1-11-10(14)6-9-12-7-4-2-3-5-8(7)13-9/h2-5H,6H2,1H3,(H,11,14). The normalized spacial score (nSPS) is 10.4. The maximum absolute atomic E-state index is 5.50. The van der Waals surface area contributed by atoms with E-state index in [2.05, 4.69) is 10.3 Å². The molecule has 0 aliphatic rings. The zero-order chi connectivity index (χ0) is 9.97. The number of hydrogen-bond donors (Lipinski definition) is 1. The highest BCUT2D eigenvalue weighted by molar-refractivity contribution is 7.80. The summed E-state index contributed by atoms with van der Waals surface area (Å²) in [5.74, 6) is 0.658. The van der Waals surface area contributed by atoms with Crippen LogP contribution < -0.4 is 5.32 Å². The number of nitrogens with zero attached hydrogens (tertiary/aromatic N) is 1. The van der Waals surface area contributed by atoms with Crippen LogP contribution in [-0.4, -0.2) is 17.0 Å². The second-order valence-corrected chi connectivity index (χ2v) is 3.42. The van der Waals surface area contributed by atoms with E-state index >= 15 is 0 Å². The largest absolute Gasteiger partial charge is 0.440 e. The molecule has 14 heavy (non-hydrogen) atoms. The fourth-order valence-corrected chi connectivity index (χ4v) is 1.34. The zero-order valence-corrected chi connectivity index (χ0v) is 8.60. The van der Waals surface area contributed by atoms with Crippen LogP contribution in [0.4, 0.5) is 0 Å². The van der Waals surface area contributed by atoms with Crippen molar-refractivity contribution in [3.63, 3.8) is 0 Å². The van der Waals surface area contributed by atoms with Crippen LogP contribution in [0, 0.1) is 0 Å². The Morgan fingerprint density at radius 3 is 3.00 bits per heavy atom. The number of para-hydroxylation sites is 2. The first-order valence-electron chi connectivity index (χ1n) is 4.34. The fraction of sp³-hybridized carbons (Fsp3) is 0.200. The number of thiocarbonyl (C=S) groups is 1. The quantitative estimate of drug-likeness (QED) is 0.762. The molecule has 0 atom stereocenters. The second-order valence-electron chi connectivity index (χ2n) is 2.93. The number of likely N-dealkylation sites (N-methyl/N-ethyl adjacent to an activating group) is 1. The lowest BCUT2D eigenvalue weighted by molar-refractivity contribution is 0.550. The Morgan fingerprint density at radius 1 is 1.50 bits per heavy atom. The summed E-state index contributed by atoms with van der Waals surface area (Å²) in [6.07, 6.45) is 0.556. The van der Waals surface area contributed by atoms with Gasteiger partial charge in [0, 0.05) is 7.05 Å². The smallest absolute Gasteiger partial charge is 0.202 e. The predicted octanol–water partition coefficient (Wildman–Crippen LogP) is 1.92. The van der Waals surface area contributed by atoms with Crippen LogP contribution in [0.25, 0.3) is 11.1 Å². The minimum Gasteiger partial charge on any atom is -0.440 e. The van der Waals surface area contributed by atoms with Gasteiger partial charge in [-0.05, 0) is 12.1 Å². The third-order valence-electron chi connectivity index (χ3n) is 1.93. The van der Waals surface area contributed by atoms with Crippen molar-refractivity contribution in [3.8, 4) is 0 Å². The second kappa shape index (κ2) is 3.75. The van der Waals surface area contributed by atoms with Crippen LogP contribution in [-0.2, 0) is 6.42 Å². The van der Waals surface area contributed by atoms with Crippen LogP contribution in [0.5, 0.6) is 0 Å². The van der Waals surface area contributed by atoms with Gasteiger partial charge in [0.05, 0.1) is 11.4 Å². The van der Waals surface area contributed by atoms with Crippen LogP contribution in [0.2, 0.25) is 0 Å². The third-order valence-corrected chi connectivity index (χ3v) is 2.28. The van der Waals surface area contributed by atoms with Gasteiger partial charge in [-0.25, -0.2) is 4.98 Å². The molecule has 0 bridgehead atoms. The zero-order valence-electron chi connectivity index (χ0n) is 7.78. The van der Waals surface area contributed by atoms with Gasteiger partial charge in [-0.2, -0.15) is 0 Å². The summed E-state index contributed by atoms with van der Waals surface area (Å²) in [6, 6.07) is 7.68. The first kappa shape index (κ1) is 9.15. The molecule has 1 aromatic heterocycles. The topological polar surface area (TPSA) is 38.1 Å². The van der Waals surface area contributed by atoms with Crippen molar-refractivity contribution < 1.29 is 4.42 Å². The van der Waals surface area contributed by atoms with E-state index in [1.807, 2.05) is 24.3 Å². The van der Waals surface area contributed by atoms with Gasteiger partial charge in [0.2, 0.25) is 5.89 Å². The number of hydrogen-bond acceptors (Lipinski definition) is 3. The SMILES string of the molecule is CNC(=S)Cc1nc2ccccc2o1. The van der Waals surface area contributed by atoms with Crippen LogP contribution >= 0.6 is 12.2 Å². The Morgan fingerprint density at radius 2 is 2.29 bits per heavy atom. The monoisotopic (exact) mass is 206 g/mol. The summed E-state index contributed by atoms with van der Waals surface area (Å²) in [4.78, 5) is 5.04. The molecule has 0 spiro atoms. The molecule has 0 radical (unpaired) electrons. The maximum atomic E-state index is 5.50. The van der Waals surface area contributed by atoms with E-state index in [1.54, 1.807) is 7.05 Å². The molecule has 0 fully saturated rings. The van der Waals surface area contributed by atoms with Crippen molar-refractivity contribution in [2.75, 3.05) is 7.05 Å². The van der Waals surface area contributed by atoms with E-state index < -0.39 is 0 Å². The van der Waals surface area contributed by atoms with Gasteiger partial charge in [-0.3, -0.25) is 0 Å². The molecule has 2 aromatic rings. The summed E-state index contributed by atoms with van der Waals surface area (Å²) in [5, 5.41) is 2.89. The van der Waals surface area contributed by atoms with E-state index in [0.29, 0.717) is 12.3 Å². The Bertz CT molecular complexity index is 431. The molecule has 72 valence electrons. The van der Waals surface area contributed by atoms with E-state index in [1.165, 1.54) is 0 Å². The minimum absolute atomic E-state index is 0.556. The number of aromatic nitrogens is 1. The lowest BCUT2D eigenvalue weighted by atomic mass is 10.3. The highest BCUT2D eigenvalue weighted by Gasteiger charge is 2.05. The molecule has 1 heterocycles. The lowest BCUT2D eigenvalue weighted by Gasteiger charge is -1.96. The van der Waals surface area contributed by atoms with Crippen molar-refractivity contribution in [1.82, 2.24) is 10.3 Å². The molecule has 0 unspecified atom stereocenters. The molecule has 1 aromatic carbocycles. The van der Waals surface area contributed by atoms with Crippen molar-refractivity contribution in [3.05, 3.63) is 30.2 Å². The number of oxazole rings is 1. The number of nitrogens with one attached hydrogen (secondary N) is 1. The van der Waals surface area contributed by atoms with Gasteiger partial charge in [-0.15, -0.1) is 0 Å².